The molecule has 0 aromatic carbocycles. The Balaban J connectivity index is 0.000000628. The van der Waals surface area contributed by atoms with Crippen molar-refractivity contribution < 1.29 is 19.4 Å². The molecule has 2 aliphatic heterocycles. The summed E-state index contributed by atoms with van der Waals surface area (Å²) >= 11 is 0. The van der Waals surface area contributed by atoms with E-state index < -0.39 is 5.97 Å². The van der Waals surface area contributed by atoms with E-state index in [4.69, 9.17) is 20.4 Å². The van der Waals surface area contributed by atoms with Gasteiger partial charge in [0.2, 0.25) is 5.88 Å². The number of carboxylic acid groups (broad SMARTS) is 1. The van der Waals surface area contributed by atoms with Gasteiger partial charge in [-0.3, -0.25) is 9.59 Å². The average Bonchev–Trinajstić information content (AvgIpc) is 3.30. The van der Waals surface area contributed by atoms with Gasteiger partial charge in [0.05, 0.1) is 5.56 Å². The first-order chi connectivity index (χ1) is 14.9. The number of likely N-dealkylation sites (tertiary alicyclic amines) is 1. The lowest BCUT2D eigenvalue weighted by Crippen LogP contribution is -2.38. The minimum atomic E-state index is -0.833. The summed E-state index contributed by atoms with van der Waals surface area (Å²) in [5.74, 6) is 1.04. The smallest absolute Gasteiger partial charge is 0.300 e. The summed E-state index contributed by atoms with van der Waals surface area (Å²) in [4.78, 5) is 30.0. The van der Waals surface area contributed by atoms with Crippen LogP contribution >= 0.6 is 0 Å². The normalized spacial score (nSPS) is 16.4. The van der Waals surface area contributed by atoms with Gasteiger partial charge in [0.15, 0.2) is 0 Å². The largest absolute Gasteiger partial charge is 0.481 e. The number of pyridine rings is 1. The summed E-state index contributed by atoms with van der Waals surface area (Å²) in [7, 11) is 0. The molecule has 2 fully saturated rings. The highest BCUT2D eigenvalue weighted by atomic mass is 16.5. The topological polar surface area (TPSA) is 135 Å². The van der Waals surface area contributed by atoms with Gasteiger partial charge in [-0.15, -0.1) is 10.2 Å². The van der Waals surface area contributed by atoms with Crippen molar-refractivity contribution in [3.05, 3.63) is 36.0 Å². The van der Waals surface area contributed by atoms with Gasteiger partial charge in [0.25, 0.3) is 11.9 Å². The van der Waals surface area contributed by atoms with Crippen LogP contribution in [0.3, 0.4) is 0 Å². The van der Waals surface area contributed by atoms with Gasteiger partial charge in [-0.25, -0.2) is 4.98 Å². The number of carboxylic acids is 1. The van der Waals surface area contributed by atoms with Crippen molar-refractivity contribution in [3.63, 3.8) is 0 Å². The molecule has 3 N–H and O–H groups in total. The number of aromatic nitrogens is 3. The number of piperidine rings is 1. The Kier molecular flexibility index (Phi) is 7.58. The highest BCUT2D eigenvalue weighted by Crippen LogP contribution is 2.22. The van der Waals surface area contributed by atoms with Crippen LogP contribution in [0.4, 0.5) is 11.6 Å². The zero-order valence-corrected chi connectivity index (χ0v) is 17.6. The molecule has 0 atom stereocenters. The number of nitrogen functional groups attached to an aromatic ring is 1. The number of amides is 1. The maximum atomic E-state index is 12.4. The molecule has 166 valence electrons. The third-order valence-electron chi connectivity index (χ3n) is 5.10. The number of rotatable bonds is 4. The SMILES string of the molecule is CC(=O)O.Nc1ccc(OC2CCN(c3ccc(C(=O)N4CCCC4)cn3)CC2)nn1. The highest BCUT2D eigenvalue weighted by molar-refractivity contribution is 5.94. The van der Waals surface area contributed by atoms with Crippen molar-refractivity contribution in [2.45, 2.75) is 38.7 Å². The Bertz CT molecular complexity index is 856. The second-order valence-corrected chi connectivity index (χ2v) is 7.52. The molecule has 4 heterocycles. The minimum absolute atomic E-state index is 0.0864. The number of carbonyl (C=O) groups is 2. The van der Waals surface area contributed by atoms with E-state index in [1.807, 2.05) is 17.0 Å². The number of ether oxygens (including phenoxy) is 1. The first kappa shape index (κ1) is 22.3. The van der Waals surface area contributed by atoms with Gasteiger partial charge in [-0.1, -0.05) is 0 Å². The van der Waals surface area contributed by atoms with E-state index in [9.17, 15) is 4.79 Å². The molecule has 10 nitrogen and oxygen atoms in total. The van der Waals surface area contributed by atoms with Crippen LogP contribution in [0.2, 0.25) is 0 Å². The molecule has 2 aromatic rings. The van der Waals surface area contributed by atoms with E-state index in [1.54, 1.807) is 18.3 Å². The van der Waals surface area contributed by atoms with E-state index in [0.29, 0.717) is 17.3 Å². The number of anilines is 2. The van der Waals surface area contributed by atoms with Crippen LogP contribution in [-0.2, 0) is 4.79 Å². The number of carbonyl (C=O) groups excluding carboxylic acids is 1. The third kappa shape index (κ3) is 6.53. The molecule has 0 radical (unpaired) electrons. The van der Waals surface area contributed by atoms with E-state index >= 15 is 0 Å². The summed E-state index contributed by atoms with van der Waals surface area (Å²) < 4.78 is 5.88. The van der Waals surface area contributed by atoms with Gasteiger partial charge in [-0.2, -0.15) is 0 Å². The van der Waals surface area contributed by atoms with Crippen LogP contribution < -0.4 is 15.4 Å². The Hall–Kier alpha value is -3.43. The van der Waals surface area contributed by atoms with E-state index in [-0.39, 0.29) is 12.0 Å². The lowest BCUT2D eigenvalue weighted by molar-refractivity contribution is -0.134. The maximum Gasteiger partial charge on any atom is 0.300 e. The van der Waals surface area contributed by atoms with Gasteiger partial charge in [-0.05, 0) is 31.0 Å². The maximum absolute atomic E-state index is 12.4. The Morgan fingerprint density at radius 1 is 1.06 bits per heavy atom. The quantitative estimate of drug-likeness (QED) is 0.747. The molecule has 2 saturated heterocycles. The lowest BCUT2D eigenvalue weighted by Gasteiger charge is -2.32. The predicted octanol–water partition coefficient (Wildman–Crippen LogP) is 1.83. The van der Waals surface area contributed by atoms with Crippen LogP contribution in [0.1, 0.15) is 43.0 Å². The van der Waals surface area contributed by atoms with Gasteiger partial charge >= 0.3 is 0 Å². The second kappa shape index (κ2) is 10.6. The number of hydrogen-bond acceptors (Lipinski definition) is 8. The Morgan fingerprint density at radius 2 is 1.74 bits per heavy atom. The Labute approximate surface area is 181 Å². The second-order valence-electron chi connectivity index (χ2n) is 7.52. The molecular weight excluding hydrogens is 400 g/mol. The van der Waals surface area contributed by atoms with Gasteiger partial charge in [0.1, 0.15) is 17.7 Å². The van der Waals surface area contributed by atoms with Gasteiger partial charge < -0.3 is 25.4 Å². The van der Waals surface area contributed by atoms with E-state index in [2.05, 4.69) is 20.1 Å². The zero-order valence-electron chi connectivity index (χ0n) is 17.6. The fraction of sp³-hybridized carbons (Fsp3) is 0.476. The lowest BCUT2D eigenvalue weighted by atomic mass is 10.1. The molecule has 0 bridgehead atoms. The Morgan fingerprint density at radius 3 is 2.29 bits per heavy atom. The van der Waals surface area contributed by atoms with Crippen molar-refractivity contribution in [1.82, 2.24) is 20.1 Å². The molecule has 2 aromatic heterocycles. The van der Waals surface area contributed by atoms with E-state index in [1.165, 1.54) is 0 Å². The van der Waals surface area contributed by atoms with E-state index in [0.717, 1.165) is 64.6 Å². The van der Waals surface area contributed by atoms with Crippen LogP contribution in [0.25, 0.3) is 0 Å². The highest BCUT2D eigenvalue weighted by Gasteiger charge is 2.23. The number of nitrogens with zero attached hydrogens (tertiary/aromatic N) is 5. The minimum Gasteiger partial charge on any atom is -0.481 e. The molecular formula is C21H28N6O4. The molecule has 0 spiro atoms. The molecule has 0 unspecified atom stereocenters. The molecule has 2 aliphatic rings. The molecule has 10 heteroatoms. The summed E-state index contributed by atoms with van der Waals surface area (Å²) in [6.07, 6.45) is 5.74. The summed E-state index contributed by atoms with van der Waals surface area (Å²) in [5, 5.41) is 15.2. The number of hydrogen-bond donors (Lipinski definition) is 2. The van der Waals surface area contributed by atoms with Gasteiger partial charge in [0, 0.05) is 58.2 Å². The van der Waals surface area contributed by atoms with Crippen molar-refractivity contribution in [2.24, 2.45) is 0 Å². The van der Waals surface area contributed by atoms with Crippen molar-refractivity contribution >= 4 is 23.5 Å². The summed E-state index contributed by atoms with van der Waals surface area (Å²) in [6, 6.07) is 7.25. The number of aliphatic carboxylic acids is 1. The molecule has 0 aliphatic carbocycles. The zero-order chi connectivity index (χ0) is 22.2. The first-order valence-electron chi connectivity index (χ1n) is 10.4. The van der Waals surface area contributed by atoms with Crippen molar-refractivity contribution in [2.75, 3.05) is 36.8 Å². The van der Waals surface area contributed by atoms with Crippen LogP contribution in [-0.4, -0.2) is 69.3 Å². The fourth-order valence-corrected chi connectivity index (χ4v) is 3.57. The van der Waals surface area contributed by atoms with Crippen LogP contribution in [0.5, 0.6) is 5.88 Å². The fourth-order valence-electron chi connectivity index (χ4n) is 3.57. The summed E-state index contributed by atoms with van der Waals surface area (Å²) in [5.41, 5.74) is 6.21. The average molecular weight is 428 g/mol. The standard InChI is InChI=1S/C19H24N6O2.C2H4O2/c20-16-4-6-18(23-22-16)27-15-7-11-24(12-8-15)17-5-3-14(13-21-17)19(26)25-9-1-2-10-25;1-2(3)4/h3-6,13,15H,1-2,7-12H2,(H2,20,22);1H3,(H,3,4). The molecule has 0 saturated carbocycles. The monoisotopic (exact) mass is 428 g/mol. The van der Waals surface area contributed by atoms with Crippen LogP contribution in [0, 0.1) is 0 Å². The number of nitrogens with two attached hydrogens (primary N) is 1. The predicted molar refractivity (Wildman–Crippen MR) is 115 cm³/mol. The van der Waals surface area contributed by atoms with Crippen LogP contribution in [0.15, 0.2) is 30.5 Å². The van der Waals surface area contributed by atoms with Crippen molar-refractivity contribution in [3.8, 4) is 5.88 Å². The van der Waals surface area contributed by atoms with Crippen molar-refractivity contribution in [1.29, 1.82) is 0 Å². The molecule has 1 amide bonds. The first-order valence-corrected chi connectivity index (χ1v) is 10.4. The third-order valence-corrected chi connectivity index (χ3v) is 5.10. The summed E-state index contributed by atoms with van der Waals surface area (Å²) in [6.45, 7) is 4.48. The molecule has 31 heavy (non-hydrogen) atoms. The molecule has 4 rings (SSSR count).